The molecule has 6 heteroatoms. The quantitative estimate of drug-likeness (QED) is 0.700. The van der Waals surface area contributed by atoms with E-state index in [2.05, 4.69) is 5.32 Å². The van der Waals surface area contributed by atoms with Crippen molar-refractivity contribution in [2.24, 2.45) is 0 Å². The maximum absolute atomic E-state index is 11.1. The molecule has 1 N–H and O–H groups in total. The van der Waals surface area contributed by atoms with E-state index in [9.17, 15) is 8.42 Å². The van der Waals surface area contributed by atoms with Crippen molar-refractivity contribution in [3.63, 3.8) is 0 Å². The fourth-order valence-corrected chi connectivity index (χ4v) is 2.40. The van der Waals surface area contributed by atoms with Crippen LogP contribution in [0.15, 0.2) is 0 Å². The summed E-state index contributed by atoms with van der Waals surface area (Å²) < 4.78 is 23.7. The van der Waals surface area contributed by atoms with E-state index in [-0.39, 0.29) is 18.4 Å². The van der Waals surface area contributed by atoms with Crippen LogP contribution in [0.2, 0.25) is 0 Å². The van der Waals surface area contributed by atoms with Crippen molar-refractivity contribution in [1.29, 1.82) is 0 Å². The molecule has 0 bridgehead atoms. The van der Waals surface area contributed by atoms with E-state index in [0.717, 1.165) is 13.1 Å². The number of rotatable bonds is 3. The van der Waals surface area contributed by atoms with Crippen molar-refractivity contribution in [2.75, 3.05) is 25.9 Å². The molecule has 4 nitrogen and oxygen atoms in total. The third-order valence-electron chi connectivity index (χ3n) is 1.90. The summed E-state index contributed by atoms with van der Waals surface area (Å²) in [4.78, 5) is 0. The Balaban J connectivity index is 0.00000121. The lowest BCUT2D eigenvalue weighted by atomic mass is 10.2. The van der Waals surface area contributed by atoms with Crippen LogP contribution in [-0.2, 0) is 10.0 Å². The van der Waals surface area contributed by atoms with Gasteiger partial charge in [0, 0.05) is 25.7 Å². The first-order valence-corrected chi connectivity index (χ1v) is 5.58. The van der Waals surface area contributed by atoms with Gasteiger partial charge in [-0.2, -0.15) is 4.31 Å². The number of hydrogen-bond acceptors (Lipinski definition) is 3. The van der Waals surface area contributed by atoms with Gasteiger partial charge < -0.3 is 5.32 Å². The molecule has 0 saturated carbocycles. The zero-order valence-electron chi connectivity index (χ0n) is 7.28. The summed E-state index contributed by atoms with van der Waals surface area (Å²) in [7, 11) is -2.98. The topological polar surface area (TPSA) is 49.4 Å². The Kier molecular flexibility index (Phi) is 4.47. The first kappa shape index (κ1) is 12.2. The molecule has 1 aliphatic rings. The number of halogens is 1. The van der Waals surface area contributed by atoms with Crippen LogP contribution in [-0.4, -0.2) is 44.7 Å². The van der Waals surface area contributed by atoms with Crippen LogP contribution in [0, 0.1) is 0 Å². The zero-order chi connectivity index (χ0) is 8.48. The Labute approximate surface area is 79.8 Å². The standard InChI is InChI=1S/C6H14N2O2S.ClH/c1-3-8(11(2,9)10)6-4-7-5-6;/h6-7H,3-5H2,1-2H3;1H. The highest BCUT2D eigenvalue weighted by Gasteiger charge is 2.29. The SMILES string of the molecule is CCN(C1CNC1)S(C)(=O)=O.Cl. The Morgan fingerprint density at radius 3 is 2.08 bits per heavy atom. The normalized spacial score (nSPS) is 18.6. The van der Waals surface area contributed by atoms with E-state index in [0.29, 0.717) is 6.54 Å². The first-order valence-electron chi connectivity index (χ1n) is 3.73. The third-order valence-corrected chi connectivity index (χ3v) is 3.31. The van der Waals surface area contributed by atoms with Gasteiger partial charge in [-0.05, 0) is 0 Å². The van der Waals surface area contributed by atoms with Crippen LogP contribution in [0.4, 0.5) is 0 Å². The minimum absolute atomic E-state index is 0. The smallest absolute Gasteiger partial charge is 0.211 e. The lowest BCUT2D eigenvalue weighted by Gasteiger charge is -2.35. The van der Waals surface area contributed by atoms with E-state index in [4.69, 9.17) is 0 Å². The Hall–Kier alpha value is 0.160. The van der Waals surface area contributed by atoms with Crippen molar-refractivity contribution in [3.05, 3.63) is 0 Å². The molecule has 0 aromatic heterocycles. The number of sulfonamides is 1. The van der Waals surface area contributed by atoms with Crippen LogP contribution in [0.3, 0.4) is 0 Å². The molecule has 0 atom stereocenters. The molecular formula is C6H15ClN2O2S. The van der Waals surface area contributed by atoms with Crippen LogP contribution >= 0.6 is 12.4 Å². The fourth-order valence-electron chi connectivity index (χ4n) is 1.24. The summed E-state index contributed by atoms with van der Waals surface area (Å²) in [6.07, 6.45) is 1.26. The van der Waals surface area contributed by atoms with Crippen molar-refractivity contribution in [2.45, 2.75) is 13.0 Å². The highest BCUT2D eigenvalue weighted by molar-refractivity contribution is 7.88. The van der Waals surface area contributed by atoms with Gasteiger partial charge in [-0.15, -0.1) is 12.4 Å². The maximum atomic E-state index is 11.1. The largest absolute Gasteiger partial charge is 0.313 e. The van der Waals surface area contributed by atoms with Gasteiger partial charge in [-0.25, -0.2) is 8.42 Å². The van der Waals surface area contributed by atoms with Gasteiger partial charge >= 0.3 is 0 Å². The molecule has 1 aliphatic heterocycles. The summed E-state index contributed by atoms with van der Waals surface area (Å²) in [6, 6.07) is 0.190. The van der Waals surface area contributed by atoms with Gasteiger partial charge in [0.15, 0.2) is 0 Å². The van der Waals surface area contributed by atoms with Gasteiger partial charge in [0.05, 0.1) is 6.26 Å². The number of hydrogen-bond donors (Lipinski definition) is 1. The Morgan fingerprint density at radius 1 is 1.50 bits per heavy atom. The number of nitrogens with one attached hydrogen (secondary N) is 1. The summed E-state index contributed by atoms with van der Waals surface area (Å²) in [5, 5.41) is 3.04. The number of nitrogens with zero attached hydrogens (tertiary/aromatic N) is 1. The number of likely N-dealkylation sites (N-methyl/N-ethyl adjacent to an activating group) is 1. The van der Waals surface area contributed by atoms with Crippen molar-refractivity contribution < 1.29 is 8.42 Å². The van der Waals surface area contributed by atoms with E-state index in [1.165, 1.54) is 10.6 Å². The highest BCUT2D eigenvalue weighted by atomic mass is 35.5. The van der Waals surface area contributed by atoms with Gasteiger partial charge in [0.25, 0.3) is 0 Å². The molecule has 1 fully saturated rings. The molecule has 1 rings (SSSR count). The summed E-state index contributed by atoms with van der Waals surface area (Å²) in [5.74, 6) is 0. The molecule has 0 unspecified atom stereocenters. The van der Waals surface area contributed by atoms with Gasteiger partial charge in [0.1, 0.15) is 0 Å². The zero-order valence-corrected chi connectivity index (χ0v) is 8.91. The molecule has 1 heterocycles. The molecule has 12 heavy (non-hydrogen) atoms. The minimum Gasteiger partial charge on any atom is -0.313 e. The second-order valence-electron chi connectivity index (χ2n) is 2.78. The Bertz CT molecular complexity index is 226. The average Bonchev–Trinajstić information content (AvgIpc) is 1.74. The van der Waals surface area contributed by atoms with Gasteiger partial charge in [-0.1, -0.05) is 6.92 Å². The van der Waals surface area contributed by atoms with E-state index in [1.807, 2.05) is 6.92 Å². The molecule has 0 aromatic carbocycles. The Morgan fingerprint density at radius 2 is 2.00 bits per heavy atom. The monoisotopic (exact) mass is 214 g/mol. The molecule has 74 valence electrons. The molecule has 0 amide bonds. The fraction of sp³-hybridized carbons (Fsp3) is 1.00. The van der Waals surface area contributed by atoms with Gasteiger partial charge in [0.2, 0.25) is 10.0 Å². The van der Waals surface area contributed by atoms with E-state index < -0.39 is 10.0 Å². The predicted molar refractivity (Wildman–Crippen MR) is 51.1 cm³/mol. The average molecular weight is 215 g/mol. The summed E-state index contributed by atoms with van der Waals surface area (Å²) in [6.45, 7) is 4.02. The lowest BCUT2D eigenvalue weighted by Crippen LogP contribution is -2.58. The molecule has 0 spiro atoms. The third kappa shape index (κ3) is 2.58. The molecular weight excluding hydrogens is 200 g/mol. The summed E-state index contributed by atoms with van der Waals surface area (Å²) >= 11 is 0. The van der Waals surface area contributed by atoms with Crippen molar-refractivity contribution in [3.8, 4) is 0 Å². The summed E-state index contributed by atoms with van der Waals surface area (Å²) in [5.41, 5.74) is 0. The molecule has 1 saturated heterocycles. The molecule has 0 radical (unpaired) electrons. The van der Waals surface area contributed by atoms with E-state index in [1.54, 1.807) is 0 Å². The van der Waals surface area contributed by atoms with Gasteiger partial charge in [-0.3, -0.25) is 0 Å². The van der Waals surface area contributed by atoms with Crippen molar-refractivity contribution >= 4 is 22.4 Å². The maximum Gasteiger partial charge on any atom is 0.211 e. The van der Waals surface area contributed by atoms with Crippen molar-refractivity contribution in [1.82, 2.24) is 9.62 Å². The van der Waals surface area contributed by atoms with E-state index >= 15 is 0 Å². The minimum atomic E-state index is -2.98. The predicted octanol–water partition coefficient (Wildman–Crippen LogP) is -0.338. The van der Waals surface area contributed by atoms with Crippen LogP contribution in [0.25, 0.3) is 0 Å². The second kappa shape index (κ2) is 4.41. The second-order valence-corrected chi connectivity index (χ2v) is 4.71. The van der Waals surface area contributed by atoms with Crippen LogP contribution < -0.4 is 5.32 Å². The van der Waals surface area contributed by atoms with Crippen LogP contribution in [0.1, 0.15) is 6.92 Å². The lowest BCUT2D eigenvalue weighted by molar-refractivity contribution is 0.251. The first-order chi connectivity index (χ1) is 5.05. The highest BCUT2D eigenvalue weighted by Crippen LogP contribution is 2.08. The molecule has 0 aromatic rings. The van der Waals surface area contributed by atoms with Crippen LogP contribution in [0.5, 0.6) is 0 Å². The molecule has 0 aliphatic carbocycles.